The van der Waals surface area contributed by atoms with Gasteiger partial charge in [0.25, 0.3) is 5.91 Å². The molecule has 3 aromatic rings. The molecule has 3 aromatic carbocycles. The van der Waals surface area contributed by atoms with Crippen LogP contribution in [-0.4, -0.2) is 55.2 Å². The molecular weight excluding hydrogens is 556 g/mol. The minimum absolute atomic E-state index is 0.185. The zero-order chi connectivity index (χ0) is 29.8. The van der Waals surface area contributed by atoms with Crippen LogP contribution in [0.15, 0.2) is 76.8 Å². The van der Waals surface area contributed by atoms with E-state index < -0.39 is 23.5 Å². The number of thioether (sulfide) groups is 1. The molecule has 5 rings (SSSR count). The lowest BCUT2D eigenvalue weighted by Gasteiger charge is -2.39. The van der Waals surface area contributed by atoms with Crippen LogP contribution in [0.5, 0.6) is 11.5 Å². The summed E-state index contributed by atoms with van der Waals surface area (Å²) in [5, 5.41) is 5.45. The molecule has 2 heterocycles. The number of rotatable bonds is 9. The van der Waals surface area contributed by atoms with E-state index in [0.717, 1.165) is 16.3 Å². The number of carbonyl (C=O) groups is 3. The summed E-state index contributed by atoms with van der Waals surface area (Å²) in [4.78, 5) is 41.4. The average molecular weight is 589 g/mol. The topological polar surface area (TPSA) is 103 Å². The second-order valence-electron chi connectivity index (χ2n) is 9.57. The summed E-state index contributed by atoms with van der Waals surface area (Å²) < 4.78 is 21.6. The maximum atomic E-state index is 14.1. The molecule has 0 aliphatic carbocycles. The van der Waals surface area contributed by atoms with E-state index in [1.807, 2.05) is 55.5 Å². The fourth-order valence-electron chi connectivity index (χ4n) is 5.15. The molecule has 0 saturated carbocycles. The Hall–Kier alpha value is -4.44. The van der Waals surface area contributed by atoms with Crippen LogP contribution in [0.25, 0.3) is 16.8 Å². The Morgan fingerprint density at radius 3 is 2.52 bits per heavy atom. The summed E-state index contributed by atoms with van der Waals surface area (Å²) in [7, 11) is 1.48. The molecule has 1 saturated heterocycles. The molecule has 10 heteroatoms. The molecule has 0 radical (unpaired) electrons. The van der Waals surface area contributed by atoms with Crippen LogP contribution in [0.2, 0.25) is 0 Å². The number of amides is 1. The van der Waals surface area contributed by atoms with Crippen molar-refractivity contribution in [2.24, 2.45) is 0 Å². The van der Waals surface area contributed by atoms with Gasteiger partial charge in [-0.25, -0.2) is 9.59 Å². The lowest BCUT2D eigenvalue weighted by Crippen LogP contribution is -2.50. The van der Waals surface area contributed by atoms with Crippen LogP contribution in [0.3, 0.4) is 0 Å². The van der Waals surface area contributed by atoms with Crippen molar-refractivity contribution in [2.45, 2.75) is 32.3 Å². The fourth-order valence-corrected chi connectivity index (χ4v) is 6.36. The first-order valence-electron chi connectivity index (χ1n) is 13.7. The molecule has 218 valence electrons. The van der Waals surface area contributed by atoms with Gasteiger partial charge in [-0.15, -0.1) is 0 Å². The van der Waals surface area contributed by atoms with Gasteiger partial charge in [-0.3, -0.25) is 9.69 Å². The lowest BCUT2D eigenvalue weighted by atomic mass is 9.93. The molecule has 2 aliphatic rings. The number of nitrogens with one attached hydrogen (secondary N) is 1. The Balaban J connectivity index is 1.54. The van der Waals surface area contributed by atoms with Gasteiger partial charge < -0.3 is 24.3 Å². The Morgan fingerprint density at radius 2 is 1.76 bits per heavy atom. The summed E-state index contributed by atoms with van der Waals surface area (Å²) in [6.45, 7) is 5.41. The van der Waals surface area contributed by atoms with E-state index >= 15 is 0 Å². The Morgan fingerprint density at radius 1 is 1.00 bits per heavy atom. The van der Waals surface area contributed by atoms with Crippen molar-refractivity contribution >= 4 is 46.5 Å². The maximum absolute atomic E-state index is 14.1. The van der Waals surface area contributed by atoms with Gasteiger partial charge in [0.1, 0.15) is 0 Å². The summed E-state index contributed by atoms with van der Waals surface area (Å²) >= 11 is 1.40. The van der Waals surface area contributed by atoms with Gasteiger partial charge in [0.15, 0.2) is 23.6 Å². The number of hydrogen-bond donors (Lipinski definition) is 1. The number of benzene rings is 3. The van der Waals surface area contributed by atoms with Crippen LogP contribution < -0.4 is 14.8 Å². The van der Waals surface area contributed by atoms with Gasteiger partial charge in [0.2, 0.25) is 0 Å². The minimum Gasteiger partial charge on any atom is -0.493 e. The summed E-state index contributed by atoms with van der Waals surface area (Å²) in [6, 6.07) is 18.4. The van der Waals surface area contributed by atoms with Gasteiger partial charge in [-0.2, -0.15) is 0 Å². The molecule has 0 aromatic heterocycles. The van der Waals surface area contributed by atoms with Crippen molar-refractivity contribution in [3.63, 3.8) is 0 Å². The average Bonchev–Trinajstić information content (AvgIpc) is 3.29. The third kappa shape index (κ3) is 5.67. The predicted octanol–water partition coefficient (Wildman–Crippen LogP) is 5.17. The standard InChI is InChI=1S/C32H32N2O7S/c1-5-39-27(35)18-41-24-15-14-22(16-25(24)38-4)29-28(31(37)40-6-2)19(3)33-32-34(29)30(36)26(42-32)17-21-12-9-11-20-10-7-8-13-23(20)21/h7-17,29,32-33H,5-6,18H2,1-4H3/b26-17+/t29-,32-/m0/s1. The molecule has 2 atom stereocenters. The van der Waals surface area contributed by atoms with Crippen LogP contribution in [-0.2, 0) is 23.9 Å². The van der Waals surface area contributed by atoms with Crippen LogP contribution in [0.4, 0.5) is 0 Å². The number of methoxy groups -OCH3 is 1. The Bertz CT molecular complexity index is 1590. The fraction of sp³-hybridized carbons (Fsp3) is 0.281. The van der Waals surface area contributed by atoms with Gasteiger partial charge in [0.05, 0.1) is 36.8 Å². The van der Waals surface area contributed by atoms with E-state index in [1.54, 1.807) is 36.9 Å². The molecule has 1 fully saturated rings. The molecule has 1 amide bonds. The molecule has 0 spiro atoms. The van der Waals surface area contributed by atoms with Crippen molar-refractivity contribution in [3.8, 4) is 11.5 Å². The molecule has 9 nitrogen and oxygen atoms in total. The van der Waals surface area contributed by atoms with Crippen LogP contribution >= 0.6 is 11.8 Å². The van der Waals surface area contributed by atoms with E-state index in [0.29, 0.717) is 33.2 Å². The quantitative estimate of drug-likeness (QED) is 0.268. The highest BCUT2D eigenvalue weighted by Crippen LogP contribution is 2.47. The molecule has 0 bridgehead atoms. The molecule has 42 heavy (non-hydrogen) atoms. The number of esters is 2. The SMILES string of the molecule is CCOC(=O)COc1ccc([C@H]2C(C(=O)OCC)=C(C)N[C@@H]3S/C(=C/c4cccc5ccccc45)C(=O)N32)cc1OC. The van der Waals surface area contributed by atoms with E-state index in [1.165, 1.54) is 18.9 Å². The van der Waals surface area contributed by atoms with Crippen LogP contribution in [0, 0.1) is 0 Å². The highest BCUT2D eigenvalue weighted by atomic mass is 32.2. The summed E-state index contributed by atoms with van der Waals surface area (Å²) in [5.41, 5.74) is 2.06. The first-order chi connectivity index (χ1) is 20.4. The van der Waals surface area contributed by atoms with Gasteiger partial charge in [-0.05, 0) is 60.9 Å². The molecule has 2 aliphatic heterocycles. The number of nitrogens with zero attached hydrogens (tertiary/aromatic N) is 1. The second kappa shape index (κ2) is 12.6. The number of allylic oxidation sites excluding steroid dienone is 1. The smallest absolute Gasteiger partial charge is 0.344 e. The van der Waals surface area contributed by atoms with Crippen molar-refractivity contribution < 1.29 is 33.3 Å². The Labute approximate surface area is 248 Å². The highest BCUT2D eigenvalue weighted by Gasteiger charge is 2.48. The lowest BCUT2D eigenvalue weighted by molar-refractivity contribution is -0.145. The normalized spacial score (nSPS) is 19.0. The molecular formula is C32H32N2O7S. The highest BCUT2D eigenvalue weighted by molar-refractivity contribution is 8.05. The number of fused-ring (bicyclic) bond motifs is 2. The first-order valence-corrected chi connectivity index (χ1v) is 14.5. The molecule has 1 N–H and O–H groups in total. The van der Waals surface area contributed by atoms with Crippen molar-refractivity contribution in [1.29, 1.82) is 0 Å². The minimum atomic E-state index is -0.762. The summed E-state index contributed by atoms with van der Waals surface area (Å²) in [6.07, 6.45) is 1.90. The van der Waals surface area contributed by atoms with Gasteiger partial charge in [-0.1, -0.05) is 60.3 Å². The Kier molecular flexibility index (Phi) is 8.72. The predicted molar refractivity (Wildman–Crippen MR) is 160 cm³/mol. The monoisotopic (exact) mass is 588 g/mol. The zero-order valence-corrected chi connectivity index (χ0v) is 24.7. The van der Waals surface area contributed by atoms with Crippen molar-refractivity contribution in [3.05, 3.63) is 88.0 Å². The van der Waals surface area contributed by atoms with E-state index in [9.17, 15) is 14.4 Å². The van der Waals surface area contributed by atoms with Crippen molar-refractivity contribution in [1.82, 2.24) is 10.2 Å². The molecule has 0 unspecified atom stereocenters. The van der Waals surface area contributed by atoms with Gasteiger partial charge in [0, 0.05) is 5.70 Å². The zero-order valence-electron chi connectivity index (χ0n) is 23.8. The van der Waals surface area contributed by atoms with Crippen LogP contribution in [0.1, 0.15) is 37.9 Å². The van der Waals surface area contributed by atoms with Crippen molar-refractivity contribution in [2.75, 3.05) is 26.9 Å². The van der Waals surface area contributed by atoms with E-state index in [4.69, 9.17) is 18.9 Å². The number of hydrogen-bond acceptors (Lipinski definition) is 9. The second-order valence-corrected chi connectivity index (χ2v) is 10.7. The van der Waals surface area contributed by atoms with E-state index in [-0.39, 0.29) is 25.7 Å². The first kappa shape index (κ1) is 29.1. The van der Waals surface area contributed by atoms with E-state index in [2.05, 4.69) is 5.32 Å². The summed E-state index contributed by atoms with van der Waals surface area (Å²) in [5.74, 6) is -0.559. The third-order valence-corrected chi connectivity index (χ3v) is 8.11. The van der Waals surface area contributed by atoms with Gasteiger partial charge >= 0.3 is 11.9 Å². The largest absolute Gasteiger partial charge is 0.493 e. The maximum Gasteiger partial charge on any atom is 0.344 e. The number of ether oxygens (including phenoxy) is 4. The third-order valence-electron chi connectivity index (χ3n) is 6.99. The number of carbonyl (C=O) groups excluding carboxylic acids is 3.